The maximum atomic E-state index is 12.4. The molecular formula is C22H33N5O2S. The maximum absolute atomic E-state index is 12.4. The number of aromatic nitrogens is 3. The van der Waals surface area contributed by atoms with Crippen LogP contribution in [-0.4, -0.2) is 58.8 Å². The standard InChI is InChI=1S/C22H33N5O2S/c1-3-4-6-9-18(2)23-20(28)17-30-22-25-24-21(26-12-14-29-15-13-26)27(22)16-19-10-7-5-8-11-19/h5,7-8,10-11,18H,3-4,6,9,12-17H2,1-2H3,(H,23,28)/t18-/m1/s1. The zero-order chi connectivity index (χ0) is 21.2. The predicted octanol–water partition coefficient (Wildman–Crippen LogP) is 3.34. The van der Waals surface area contributed by atoms with Gasteiger partial charge in [0.05, 0.1) is 25.5 Å². The third-order valence-corrected chi connectivity index (χ3v) is 6.12. The number of carbonyl (C=O) groups is 1. The van der Waals surface area contributed by atoms with E-state index in [1.807, 2.05) is 18.2 Å². The van der Waals surface area contributed by atoms with Gasteiger partial charge in [0.1, 0.15) is 0 Å². The number of thioether (sulfide) groups is 1. The largest absolute Gasteiger partial charge is 0.378 e. The monoisotopic (exact) mass is 431 g/mol. The number of benzene rings is 1. The van der Waals surface area contributed by atoms with Gasteiger partial charge in [0.2, 0.25) is 11.9 Å². The molecule has 2 heterocycles. The molecule has 1 amide bonds. The van der Waals surface area contributed by atoms with Gasteiger partial charge in [0.15, 0.2) is 5.16 Å². The molecule has 1 fully saturated rings. The fourth-order valence-electron chi connectivity index (χ4n) is 3.51. The first kappa shape index (κ1) is 22.6. The second-order valence-electron chi connectivity index (χ2n) is 7.71. The Morgan fingerprint density at radius 1 is 1.20 bits per heavy atom. The molecule has 8 heteroatoms. The van der Waals surface area contributed by atoms with Crippen molar-refractivity contribution in [2.75, 3.05) is 37.0 Å². The molecule has 0 bridgehead atoms. The Kier molecular flexibility index (Phi) is 9.01. The van der Waals surface area contributed by atoms with Crippen LogP contribution in [0.15, 0.2) is 35.5 Å². The van der Waals surface area contributed by atoms with E-state index in [4.69, 9.17) is 4.74 Å². The van der Waals surface area contributed by atoms with Gasteiger partial charge in [-0.25, -0.2) is 0 Å². The summed E-state index contributed by atoms with van der Waals surface area (Å²) in [5.41, 5.74) is 1.18. The molecule has 0 saturated carbocycles. The molecule has 1 atom stereocenters. The lowest BCUT2D eigenvalue weighted by atomic mass is 10.1. The van der Waals surface area contributed by atoms with E-state index in [-0.39, 0.29) is 11.9 Å². The molecule has 1 saturated heterocycles. The van der Waals surface area contributed by atoms with Crippen LogP contribution in [-0.2, 0) is 16.1 Å². The van der Waals surface area contributed by atoms with Gasteiger partial charge in [0, 0.05) is 19.1 Å². The number of amides is 1. The second-order valence-corrected chi connectivity index (χ2v) is 8.65. The number of ether oxygens (including phenoxy) is 1. The van der Waals surface area contributed by atoms with Crippen molar-refractivity contribution >= 4 is 23.6 Å². The van der Waals surface area contributed by atoms with Gasteiger partial charge in [-0.15, -0.1) is 10.2 Å². The van der Waals surface area contributed by atoms with Gasteiger partial charge in [0.25, 0.3) is 0 Å². The minimum absolute atomic E-state index is 0.0474. The topological polar surface area (TPSA) is 72.3 Å². The maximum Gasteiger partial charge on any atom is 0.230 e. The normalized spacial score (nSPS) is 15.2. The molecule has 1 aliphatic heterocycles. The van der Waals surface area contributed by atoms with Crippen LogP contribution in [0.3, 0.4) is 0 Å². The molecule has 7 nitrogen and oxygen atoms in total. The average molecular weight is 432 g/mol. The van der Waals surface area contributed by atoms with Crippen LogP contribution in [0, 0.1) is 0 Å². The Hall–Kier alpha value is -2.06. The van der Waals surface area contributed by atoms with Crippen LogP contribution in [0.4, 0.5) is 5.95 Å². The van der Waals surface area contributed by atoms with Crippen molar-refractivity contribution < 1.29 is 9.53 Å². The summed E-state index contributed by atoms with van der Waals surface area (Å²) in [6.45, 7) is 7.93. The molecule has 0 aliphatic carbocycles. The minimum Gasteiger partial charge on any atom is -0.378 e. The molecule has 3 rings (SSSR count). The van der Waals surface area contributed by atoms with Gasteiger partial charge < -0.3 is 15.0 Å². The Bertz CT molecular complexity index is 777. The third kappa shape index (κ3) is 6.74. The smallest absolute Gasteiger partial charge is 0.230 e. The van der Waals surface area contributed by atoms with Crippen molar-refractivity contribution in [3.63, 3.8) is 0 Å². The fraction of sp³-hybridized carbons (Fsp3) is 0.591. The van der Waals surface area contributed by atoms with Crippen LogP contribution in [0.1, 0.15) is 45.1 Å². The molecule has 164 valence electrons. The number of nitrogens with zero attached hydrogens (tertiary/aromatic N) is 4. The number of carbonyl (C=O) groups excluding carboxylic acids is 1. The number of hydrogen-bond donors (Lipinski definition) is 1. The lowest BCUT2D eigenvalue weighted by Gasteiger charge is -2.28. The Morgan fingerprint density at radius 3 is 2.70 bits per heavy atom. The molecular weight excluding hydrogens is 398 g/mol. The van der Waals surface area contributed by atoms with E-state index in [0.29, 0.717) is 25.5 Å². The number of rotatable bonds is 11. The third-order valence-electron chi connectivity index (χ3n) is 5.16. The van der Waals surface area contributed by atoms with Crippen LogP contribution in [0.2, 0.25) is 0 Å². The fourth-order valence-corrected chi connectivity index (χ4v) is 4.25. The Labute approximate surface area is 183 Å². The first-order valence-corrected chi connectivity index (χ1v) is 11.9. The van der Waals surface area contributed by atoms with Crippen LogP contribution in [0.5, 0.6) is 0 Å². The molecule has 1 N–H and O–H groups in total. The summed E-state index contributed by atoms with van der Waals surface area (Å²) >= 11 is 1.45. The van der Waals surface area contributed by atoms with Gasteiger partial charge in [-0.2, -0.15) is 0 Å². The highest BCUT2D eigenvalue weighted by atomic mass is 32.2. The second kappa shape index (κ2) is 12.0. The van der Waals surface area contributed by atoms with Crippen molar-refractivity contribution in [2.24, 2.45) is 0 Å². The SMILES string of the molecule is CCCCC[C@@H](C)NC(=O)CSc1nnc(N2CCOCC2)n1Cc1ccccc1. The summed E-state index contributed by atoms with van der Waals surface area (Å²) in [6, 6.07) is 10.5. The van der Waals surface area contributed by atoms with Crippen molar-refractivity contribution in [3.05, 3.63) is 35.9 Å². The molecule has 0 radical (unpaired) electrons. The van der Waals surface area contributed by atoms with Crippen molar-refractivity contribution in [3.8, 4) is 0 Å². The highest BCUT2D eigenvalue weighted by molar-refractivity contribution is 7.99. The zero-order valence-corrected chi connectivity index (χ0v) is 18.9. The summed E-state index contributed by atoms with van der Waals surface area (Å²) in [6.07, 6.45) is 4.58. The van der Waals surface area contributed by atoms with Crippen LogP contribution >= 0.6 is 11.8 Å². The Morgan fingerprint density at radius 2 is 1.97 bits per heavy atom. The average Bonchev–Trinajstić information content (AvgIpc) is 3.16. The van der Waals surface area contributed by atoms with E-state index >= 15 is 0 Å². The molecule has 1 aromatic heterocycles. The minimum atomic E-state index is 0.0474. The number of hydrogen-bond acceptors (Lipinski definition) is 6. The quantitative estimate of drug-likeness (QED) is 0.435. The lowest BCUT2D eigenvalue weighted by Crippen LogP contribution is -2.38. The summed E-state index contributed by atoms with van der Waals surface area (Å²) in [4.78, 5) is 14.6. The van der Waals surface area contributed by atoms with Crippen molar-refractivity contribution in [2.45, 2.75) is 57.3 Å². The van der Waals surface area contributed by atoms with E-state index in [0.717, 1.165) is 37.0 Å². The van der Waals surface area contributed by atoms with Gasteiger partial charge in [-0.1, -0.05) is 68.3 Å². The molecule has 2 aromatic rings. The van der Waals surface area contributed by atoms with Gasteiger partial charge >= 0.3 is 0 Å². The Balaban J connectivity index is 1.64. The van der Waals surface area contributed by atoms with E-state index in [9.17, 15) is 4.79 Å². The molecule has 0 spiro atoms. The number of anilines is 1. The molecule has 1 aromatic carbocycles. The highest BCUT2D eigenvalue weighted by Gasteiger charge is 2.21. The van der Waals surface area contributed by atoms with Gasteiger partial charge in [-0.3, -0.25) is 9.36 Å². The molecule has 1 aliphatic rings. The van der Waals surface area contributed by atoms with E-state index in [1.165, 1.54) is 30.2 Å². The van der Waals surface area contributed by atoms with Crippen molar-refractivity contribution in [1.29, 1.82) is 0 Å². The van der Waals surface area contributed by atoms with E-state index in [1.54, 1.807) is 0 Å². The number of morpholine rings is 1. The van der Waals surface area contributed by atoms with Crippen LogP contribution in [0.25, 0.3) is 0 Å². The first-order valence-electron chi connectivity index (χ1n) is 10.9. The summed E-state index contributed by atoms with van der Waals surface area (Å²) < 4.78 is 7.59. The summed E-state index contributed by atoms with van der Waals surface area (Å²) in [5, 5.41) is 12.7. The lowest BCUT2D eigenvalue weighted by molar-refractivity contribution is -0.119. The zero-order valence-electron chi connectivity index (χ0n) is 18.0. The molecule has 0 unspecified atom stereocenters. The number of unbranched alkanes of at least 4 members (excludes halogenated alkanes) is 2. The number of nitrogens with one attached hydrogen (secondary N) is 1. The highest BCUT2D eigenvalue weighted by Crippen LogP contribution is 2.24. The predicted molar refractivity (Wildman–Crippen MR) is 121 cm³/mol. The van der Waals surface area contributed by atoms with Crippen LogP contribution < -0.4 is 10.2 Å². The van der Waals surface area contributed by atoms with E-state index in [2.05, 4.69) is 51.0 Å². The molecule has 30 heavy (non-hydrogen) atoms. The van der Waals surface area contributed by atoms with Crippen molar-refractivity contribution in [1.82, 2.24) is 20.1 Å². The van der Waals surface area contributed by atoms with Gasteiger partial charge in [-0.05, 0) is 18.9 Å². The summed E-state index contributed by atoms with van der Waals surface area (Å²) in [7, 11) is 0. The first-order chi connectivity index (χ1) is 14.7. The summed E-state index contributed by atoms with van der Waals surface area (Å²) in [5.74, 6) is 1.23. The van der Waals surface area contributed by atoms with E-state index < -0.39 is 0 Å².